The lowest BCUT2D eigenvalue weighted by molar-refractivity contribution is 0.0551. The molecule has 8 nitrogen and oxygen atoms in total. The summed E-state index contributed by atoms with van der Waals surface area (Å²) >= 11 is 0. The number of benzene rings is 1. The van der Waals surface area contributed by atoms with E-state index < -0.39 is 18.2 Å². The van der Waals surface area contributed by atoms with Crippen LogP contribution < -0.4 is 10.6 Å². The summed E-state index contributed by atoms with van der Waals surface area (Å²) in [5, 5.41) is 9.64. The van der Waals surface area contributed by atoms with E-state index in [1.165, 1.54) is 4.90 Å². The average Bonchev–Trinajstić information content (AvgIpc) is 3.06. The van der Waals surface area contributed by atoms with Crippen molar-refractivity contribution in [3.63, 3.8) is 0 Å². The number of fused-ring (bicyclic) bond motifs is 3. The van der Waals surface area contributed by atoms with Crippen LogP contribution >= 0.6 is 0 Å². The summed E-state index contributed by atoms with van der Waals surface area (Å²) in [6.45, 7) is 2.21. The van der Waals surface area contributed by atoms with Crippen molar-refractivity contribution < 1.29 is 19.4 Å². The molecule has 2 aliphatic rings. The van der Waals surface area contributed by atoms with Crippen LogP contribution in [-0.2, 0) is 11.2 Å². The zero-order valence-electron chi connectivity index (χ0n) is 15.5. The number of hydrogen-bond acceptors (Lipinski definition) is 5. The molecular formula is C20H22N4O4. The molecular weight excluding hydrogens is 360 g/mol. The van der Waals surface area contributed by atoms with Crippen LogP contribution in [0.1, 0.15) is 12.5 Å². The molecule has 28 heavy (non-hydrogen) atoms. The Kier molecular flexibility index (Phi) is 4.54. The van der Waals surface area contributed by atoms with Gasteiger partial charge >= 0.3 is 12.2 Å². The van der Waals surface area contributed by atoms with Crippen molar-refractivity contribution in [2.45, 2.75) is 31.5 Å². The zero-order chi connectivity index (χ0) is 19.8. The Morgan fingerprint density at radius 1 is 1.25 bits per heavy atom. The van der Waals surface area contributed by atoms with Crippen LogP contribution in [0.3, 0.4) is 0 Å². The molecule has 1 aromatic heterocycles. The van der Waals surface area contributed by atoms with E-state index >= 15 is 0 Å². The van der Waals surface area contributed by atoms with E-state index in [1.54, 1.807) is 0 Å². The number of pyridine rings is 1. The van der Waals surface area contributed by atoms with Crippen LogP contribution in [-0.4, -0.2) is 58.5 Å². The second kappa shape index (κ2) is 7.03. The zero-order valence-corrected chi connectivity index (χ0v) is 15.5. The van der Waals surface area contributed by atoms with Gasteiger partial charge in [-0.1, -0.05) is 36.4 Å². The van der Waals surface area contributed by atoms with E-state index in [0.717, 1.165) is 22.6 Å². The van der Waals surface area contributed by atoms with Crippen molar-refractivity contribution >= 4 is 18.0 Å². The summed E-state index contributed by atoms with van der Waals surface area (Å²) in [6.07, 6.45) is -1.30. The number of hydrogen-bond donors (Lipinski definition) is 2. The van der Waals surface area contributed by atoms with Crippen LogP contribution in [0.25, 0.3) is 11.3 Å². The number of nitrogens with two attached hydrogens (primary N) is 1. The molecule has 0 aliphatic carbocycles. The fraction of sp³-hybridized carbons (Fsp3) is 0.350. The number of primary amides is 1. The van der Waals surface area contributed by atoms with Crippen molar-refractivity contribution in [3.8, 4) is 11.3 Å². The molecule has 3 heterocycles. The van der Waals surface area contributed by atoms with Crippen molar-refractivity contribution in [1.82, 2.24) is 9.88 Å². The minimum absolute atomic E-state index is 0.0503. The van der Waals surface area contributed by atoms with E-state index in [4.69, 9.17) is 15.5 Å². The molecule has 1 fully saturated rings. The van der Waals surface area contributed by atoms with Crippen LogP contribution in [0.15, 0.2) is 42.5 Å². The molecule has 1 saturated heterocycles. The molecule has 146 valence electrons. The van der Waals surface area contributed by atoms with Crippen LogP contribution in [0.4, 0.5) is 15.4 Å². The lowest BCUT2D eigenvalue weighted by atomic mass is 9.98. The van der Waals surface area contributed by atoms with E-state index in [2.05, 4.69) is 4.90 Å². The second-order valence-electron chi connectivity index (χ2n) is 7.21. The molecule has 0 radical (unpaired) electrons. The summed E-state index contributed by atoms with van der Waals surface area (Å²) in [4.78, 5) is 31.3. The van der Waals surface area contributed by atoms with Crippen LogP contribution in [0.5, 0.6) is 0 Å². The predicted molar refractivity (Wildman–Crippen MR) is 103 cm³/mol. The molecule has 3 atom stereocenters. The topological polar surface area (TPSA) is 109 Å². The summed E-state index contributed by atoms with van der Waals surface area (Å²) in [7, 11) is 0. The van der Waals surface area contributed by atoms with Crippen molar-refractivity contribution in [1.29, 1.82) is 0 Å². The number of carboxylic acid groups (broad SMARTS) is 1. The Bertz CT molecular complexity index is 904. The van der Waals surface area contributed by atoms with E-state index in [9.17, 15) is 14.7 Å². The maximum atomic E-state index is 11.8. The van der Waals surface area contributed by atoms with Gasteiger partial charge in [-0.3, -0.25) is 4.90 Å². The van der Waals surface area contributed by atoms with E-state index in [1.807, 2.05) is 49.4 Å². The Labute approximate surface area is 162 Å². The molecule has 3 N–H and O–H groups in total. The fourth-order valence-electron chi connectivity index (χ4n) is 4.27. The molecule has 2 aliphatic heterocycles. The highest BCUT2D eigenvalue weighted by atomic mass is 16.5. The molecule has 2 aromatic rings. The number of amides is 2. The Morgan fingerprint density at radius 2 is 2.00 bits per heavy atom. The minimum atomic E-state index is -1.03. The highest BCUT2D eigenvalue weighted by Crippen LogP contribution is 2.39. The first-order valence-electron chi connectivity index (χ1n) is 9.21. The lowest BCUT2D eigenvalue weighted by Gasteiger charge is -2.47. The number of carbonyl (C=O) groups excluding carboxylic acids is 1. The van der Waals surface area contributed by atoms with Crippen molar-refractivity contribution in [2.24, 2.45) is 5.73 Å². The van der Waals surface area contributed by atoms with Gasteiger partial charge in [-0.15, -0.1) is 0 Å². The number of aromatic nitrogens is 1. The highest BCUT2D eigenvalue weighted by molar-refractivity contribution is 5.70. The number of ether oxygens (including phenoxy) is 1. The Balaban J connectivity index is 1.69. The Hall–Kier alpha value is -3.29. The third-order valence-electron chi connectivity index (χ3n) is 5.48. The van der Waals surface area contributed by atoms with Crippen LogP contribution in [0.2, 0.25) is 0 Å². The molecule has 4 rings (SSSR count). The molecule has 1 aromatic carbocycles. The van der Waals surface area contributed by atoms with Crippen molar-refractivity contribution in [2.75, 3.05) is 18.1 Å². The van der Waals surface area contributed by atoms with Gasteiger partial charge in [-0.25, -0.2) is 14.6 Å². The van der Waals surface area contributed by atoms with Gasteiger partial charge in [0.2, 0.25) is 0 Å². The molecule has 1 unspecified atom stereocenters. The summed E-state index contributed by atoms with van der Waals surface area (Å²) in [5.74, 6) is 0.868. The number of anilines is 1. The maximum Gasteiger partial charge on any atom is 0.407 e. The standard InChI is InChI=1S/C20H22N4O4/c1-12-10-23(20(26)27)17(11-28-19(21)25)16-9-14-7-8-15(22-18(14)24(12)16)13-5-3-2-4-6-13/h2-8,12,16-17H,9-11H2,1H3,(H2,21,25)(H,26,27)/t12-,16-,17?/m1/s1. The van der Waals surface area contributed by atoms with Gasteiger partial charge in [0.05, 0.1) is 17.8 Å². The van der Waals surface area contributed by atoms with Gasteiger partial charge in [0.15, 0.2) is 0 Å². The first kappa shape index (κ1) is 18.1. The summed E-state index contributed by atoms with van der Waals surface area (Å²) < 4.78 is 4.98. The van der Waals surface area contributed by atoms with Gasteiger partial charge in [0.1, 0.15) is 12.4 Å². The number of piperazine rings is 1. The van der Waals surface area contributed by atoms with E-state index in [-0.39, 0.29) is 18.7 Å². The summed E-state index contributed by atoms with van der Waals surface area (Å²) in [5.41, 5.74) is 8.07. The van der Waals surface area contributed by atoms with Crippen molar-refractivity contribution in [3.05, 3.63) is 48.0 Å². The second-order valence-corrected chi connectivity index (χ2v) is 7.21. The molecule has 2 amide bonds. The molecule has 8 heteroatoms. The monoisotopic (exact) mass is 382 g/mol. The smallest absolute Gasteiger partial charge is 0.407 e. The largest absolute Gasteiger partial charge is 0.465 e. The van der Waals surface area contributed by atoms with Gasteiger partial charge in [-0.05, 0) is 25.0 Å². The SMILES string of the molecule is C[C@@H]1CN(C(=O)O)C(COC(N)=O)[C@H]2Cc3ccc(-c4ccccc4)nc3N12. The number of nitrogens with zero attached hydrogens (tertiary/aromatic N) is 3. The Morgan fingerprint density at radius 3 is 2.68 bits per heavy atom. The quantitative estimate of drug-likeness (QED) is 0.843. The first-order valence-corrected chi connectivity index (χ1v) is 9.21. The predicted octanol–water partition coefficient (Wildman–Crippen LogP) is 2.33. The third kappa shape index (κ3) is 3.11. The van der Waals surface area contributed by atoms with Gasteiger partial charge in [0.25, 0.3) is 0 Å². The highest BCUT2D eigenvalue weighted by Gasteiger charge is 2.47. The van der Waals surface area contributed by atoms with Gasteiger partial charge in [-0.2, -0.15) is 0 Å². The molecule has 0 spiro atoms. The average molecular weight is 382 g/mol. The fourth-order valence-corrected chi connectivity index (χ4v) is 4.27. The van der Waals surface area contributed by atoms with E-state index in [0.29, 0.717) is 13.0 Å². The van der Waals surface area contributed by atoms with Gasteiger partial charge < -0.3 is 20.5 Å². The van der Waals surface area contributed by atoms with Gasteiger partial charge in [0, 0.05) is 18.2 Å². The minimum Gasteiger partial charge on any atom is -0.465 e. The van der Waals surface area contributed by atoms with Crippen LogP contribution in [0, 0.1) is 0 Å². The number of carbonyl (C=O) groups is 2. The molecule has 0 bridgehead atoms. The third-order valence-corrected chi connectivity index (χ3v) is 5.48. The summed E-state index contributed by atoms with van der Waals surface area (Å²) in [6, 6.07) is 13.2. The maximum absolute atomic E-state index is 11.8. The molecule has 0 saturated carbocycles. The first-order chi connectivity index (χ1) is 13.5. The lowest BCUT2D eigenvalue weighted by Crippen LogP contribution is -2.65. The normalized spacial score (nSPS) is 23.1. The number of rotatable bonds is 3.